The van der Waals surface area contributed by atoms with Crippen molar-refractivity contribution in [2.75, 3.05) is 13.6 Å². The number of hydrogen-bond acceptors (Lipinski definition) is 2. The normalized spacial score (nSPS) is 49.8. The molecule has 0 N–H and O–H groups in total. The molecule has 2 bridgehead atoms. The zero-order valence-electron chi connectivity index (χ0n) is 8.25. The Morgan fingerprint density at radius 3 is 2.77 bits per heavy atom. The molecule has 2 heteroatoms. The molecule has 0 aromatic heterocycles. The van der Waals surface area contributed by atoms with E-state index in [9.17, 15) is 4.79 Å². The van der Waals surface area contributed by atoms with Crippen LogP contribution in [0.15, 0.2) is 0 Å². The minimum Gasteiger partial charge on any atom is -0.298 e. The number of likely N-dealkylation sites (tertiary alicyclic amines) is 1. The molecule has 0 amide bonds. The zero-order valence-corrected chi connectivity index (χ0v) is 8.25. The van der Waals surface area contributed by atoms with Gasteiger partial charge in [-0.25, -0.2) is 0 Å². The average molecular weight is 179 g/mol. The summed E-state index contributed by atoms with van der Waals surface area (Å²) >= 11 is 0. The van der Waals surface area contributed by atoms with Gasteiger partial charge in [0.2, 0.25) is 0 Å². The second-order valence-corrected chi connectivity index (χ2v) is 5.10. The van der Waals surface area contributed by atoms with Gasteiger partial charge >= 0.3 is 0 Å². The highest BCUT2D eigenvalue weighted by molar-refractivity contribution is 5.91. The Hall–Kier alpha value is -0.370. The van der Waals surface area contributed by atoms with Crippen molar-refractivity contribution < 1.29 is 4.79 Å². The maximum Gasteiger partial charge on any atom is 0.154 e. The molecule has 1 saturated heterocycles. The second-order valence-electron chi connectivity index (χ2n) is 5.10. The fourth-order valence-corrected chi connectivity index (χ4v) is 4.01. The summed E-state index contributed by atoms with van der Waals surface area (Å²) < 4.78 is 0. The average Bonchev–Trinajstić information content (AvgIpc) is 2.77. The highest BCUT2D eigenvalue weighted by atomic mass is 16.1. The van der Waals surface area contributed by atoms with Gasteiger partial charge in [0, 0.05) is 13.0 Å². The van der Waals surface area contributed by atoms with Crippen molar-refractivity contribution in [3.8, 4) is 0 Å². The summed E-state index contributed by atoms with van der Waals surface area (Å²) in [5.74, 6) is 2.12. The number of carbonyl (C=O) groups excluding carboxylic acids is 1. The van der Waals surface area contributed by atoms with Crippen LogP contribution < -0.4 is 0 Å². The third kappa shape index (κ3) is 0.804. The van der Waals surface area contributed by atoms with Crippen LogP contribution in [0.4, 0.5) is 0 Å². The van der Waals surface area contributed by atoms with E-state index in [1.165, 1.54) is 25.7 Å². The molecular weight excluding hydrogens is 162 g/mol. The van der Waals surface area contributed by atoms with Crippen LogP contribution in [0.5, 0.6) is 0 Å². The first-order valence-electron chi connectivity index (χ1n) is 5.48. The maximum absolute atomic E-state index is 12.0. The minimum absolute atomic E-state index is 0.0168. The summed E-state index contributed by atoms with van der Waals surface area (Å²) in [6.45, 7) is 1.00. The van der Waals surface area contributed by atoms with Crippen molar-refractivity contribution in [2.45, 2.75) is 37.6 Å². The SMILES string of the molecule is CN1CCC(=O)C12CC1CCC2C1. The fourth-order valence-electron chi connectivity index (χ4n) is 4.01. The molecule has 1 spiro atoms. The molecule has 13 heavy (non-hydrogen) atoms. The Morgan fingerprint density at radius 2 is 2.31 bits per heavy atom. The molecule has 3 aliphatic rings. The lowest BCUT2D eigenvalue weighted by atomic mass is 9.78. The standard InChI is InChI=1S/C11H17NO/c1-12-5-4-10(13)11(12)7-8-2-3-9(11)6-8/h8-9H,2-7H2,1H3. The summed E-state index contributed by atoms with van der Waals surface area (Å²) in [5, 5.41) is 0. The van der Waals surface area contributed by atoms with Crippen LogP contribution in [-0.4, -0.2) is 29.8 Å². The predicted octanol–water partition coefficient (Wildman–Crippen LogP) is 1.45. The number of carbonyl (C=O) groups is 1. The molecule has 3 fully saturated rings. The highest BCUT2D eigenvalue weighted by Crippen LogP contribution is 2.55. The van der Waals surface area contributed by atoms with Crippen molar-refractivity contribution in [1.82, 2.24) is 4.90 Å². The Balaban J connectivity index is 2.00. The molecule has 0 aromatic rings. The summed E-state index contributed by atoms with van der Waals surface area (Å²) in [6, 6.07) is 0. The third-order valence-corrected chi connectivity index (χ3v) is 4.65. The first-order chi connectivity index (χ1) is 6.23. The summed E-state index contributed by atoms with van der Waals surface area (Å²) in [5.41, 5.74) is 0.0168. The van der Waals surface area contributed by atoms with Gasteiger partial charge in [0.15, 0.2) is 5.78 Å². The Bertz CT molecular complexity index is 263. The van der Waals surface area contributed by atoms with E-state index in [4.69, 9.17) is 0 Å². The molecule has 1 heterocycles. The van der Waals surface area contributed by atoms with Crippen molar-refractivity contribution >= 4 is 5.78 Å². The van der Waals surface area contributed by atoms with E-state index in [-0.39, 0.29) is 5.54 Å². The van der Waals surface area contributed by atoms with E-state index >= 15 is 0 Å². The lowest BCUT2D eigenvalue weighted by molar-refractivity contribution is -0.127. The van der Waals surface area contributed by atoms with Crippen LogP contribution >= 0.6 is 0 Å². The molecule has 2 aliphatic carbocycles. The largest absolute Gasteiger partial charge is 0.298 e. The monoisotopic (exact) mass is 179 g/mol. The molecule has 72 valence electrons. The van der Waals surface area contributed by atoms with Gasteiger partial charge in [-0.3, -0.25) is 9.69 Å². The van der Waals surface area contributed by atoms with Gasteiger partial charge in [0.05, 0.1) is 5.54 Å². The number of nitrogens with zero attached hydrogens (tertiary/aromatic N) is 1. The molecule has 3 unspecified atom stereocenters. The van der Waals surface area contributed by atoms with E-state index in [2.05, 4.69) is 11.9 Å². The number of rotatable bonds is 0. The number of hydrogen-bond donors (Lipinski definition) is 0. The molecule has 3 atom stereocenters. The van der Waals surface area contributed by atoms with Gasteiger partial charge in [-0.1, -0.05) is 6.42 Å². The summed E-state index contributed by atoms with van der Waals surface area (Å²) in [7, 11) is 2.14. The Morgan fingerprint density at radius 1 is 1.46 bits per heavy atom. The van der Waals surface area contributed by atoms with Crippen LogP contribution in [0.25, 0.3) is 0 Å². The van der Waals surface area contributed by atoms with Crippen molar-refractivity contribution in [2.24, 2.45) is 11.8 Å². The lowest BCUT2D eigenvalue weighted by Gasteiger charge is -2.38. The van der Waals surface area contributed by atoms with Gasteiger partial charge in [-0.05, 0) is 38.1 Å². The Labute approximate surface area is 79.3 Å². The first kappa shape index (κ1) is 7.98. The van der Waals surface area contributed by atoms with Crippen LogP contribution in [0.2, 0.25) is 0 Å². The van der Waals surface area contributed by atoms with Gasteiger partial charge in [-0.15, -0.1) is 0 Å². The smallest absolute Gasteiger partial charge is 0.154 e. The van der Waals surface area contributed by atoms with Crippen LogP contribution in [-0.2, 0) is 4.79 Å². The Kier molecular flexibility index (Phi) is 1.44. The lowest BCUT2D eigenvalue weighted by Crippen LogP contribution is -2.50. The van der Waals surface area contributed by atoms with Crippen LogP contribution in [0.1, 0.15) is 32.1 Å². The molecule has 0 radical (unpaired) electrons. The fraction of sp³-hybridized carbons (Fsp3) is 0.909. The third-order valence-electron chi connectivity index (χ3n) is 4.65. The molecule has 1 aliphatic heterocycles. The summed E-state index contributed by atoms with van der Waals surface area (Å²) in [6.07, 6.45) is 6.00. The van der Waals surface area contributed by atoms with Gasteiger partial charge in [0.25, 0.3) is 0 Å². The number of fused-ring (bicyclic) bond motifs is 3. The van der Waals surface area contributed by atoms with E-state index in [1.54, 1.807) is 0 Å². The molecule has 0 aromatic carbocycles. The second kappa shape index (κ2) is 2.35. The quantitative estimate of drug-likeness (QED) is 0.561. The van der Waals surface area contributed by atoms with E-state index in [0.29, 0.717) is 11.7 Å². The van der Waals surface area contributed by atoms with Crippen molar-refractivity contribution in [3.63, 3.8) is 0 Å². The van der Waals surface area contributed by atoms with E-state index in [0.717, 1.165) is 18.9 Å². The van der Waals surface area contributed by atoms with E-state index < -0.39 is 0 Å². The zero-order chi connectivity index (χ0) is 9.05. The number of likely N-dealkylation sites (N-methyl/N-ethyl adjacent to an activating group) is 1. The van der Waals surface area contributed by atoms with Crippen molar-refractivity contribution in [1.29, 1.82) is 0 Å². The molecular formula is C11H17NO. The van der Waals surface area contributed by atoms with Gasteiger partial charge in [0.1, 0.15) is 0 Å². The number of ketones is 1. The van der Waals surface area contributed by atoms with Crippen LogP contribution in [0.3, 0.4) is 0 Å². The first-order valence-corrected chi connectivity index (χ1v) is 5.48. The van der Waals surface area contributed by atoms with E-state index in [1.807, 2.05) is 0 Å². The maximum atomic E-state index is 12.0. The van der Waals surface area contributed by atoms with Gasteiger partial charge in [-0.2, -0.15) is 0 Å². The molecule has 2 nitrogen and oxygen atoms in total. The number of Topliss-reactive ketones (excluding diaryl/α,β-unsaturated/α-hetero) is 1. The molecule has 2 saturated carbocycles. The van der Waals surface area contributed by atoms with Gasteiger partial charge < -0.3 is 0 Å². The molecule has 3 rings (SSSR count). The van der Waals surface area contributed by atoms with Crippen LogP contribution in [0, 0.1) is 11.8 Å². The highest BCUT2D eigenvalue weighted by Gasteiger charge is 2.59. The minimum atomic E-state index is 0.0168. The topological polar surface area (TPSA) is 20.3 Å². The van der Waals surface area contributed by atoms with Crippen molar-refractivity contribution in [3.05, 3.63) is 0 Å². The summed E-state index contributed by atoms with van der Waals surface area (Å²) in [4.78, 5) is 14.3. The predicted molar refractivity (Wildman–Crippen MR) is 50.4 cm³/mol.